The van der Waals surface area contributed by atoms with Crippen LogP contribution in [0.1, 0.15) is 181 Å². The van der Waals surface area contributed by atoms with Gasteiger partial charge in [0.15, 0.2) is 0 Å². The van der Waals surface area contributed by atoms with Crippen LogP contribution in [0.5, 0.6) is 0 Å². The van der Waals surface area contributed by atoms with Gasteiger partial charge in [0.25, 0.3) is 0 Å². The van der Waals surface area contributed by atoms with E-state index in [1.54, 1.807) is 11.8 Å². The average molecular weight is 605 g/mol. The maximum atomic E-state index is 11.9. The summed E-state index contributed by atoms with van der Waals surface area (Å²) in [6, 6.07) is 0. The number of esters is 2. The fraction of sp³-hybridized carbons (Fsp3) is 0.941. The molecule has 0 radical (unpaired) electrons. The minimum absolute atomic E-state index is 0. The predicted molar refractivity (Wildman–Crippen MR) is 182 cm³/mol. The number of unbranched alkanes of at least 4 members (excludes halogenated alkanes) is 22. The van der Waals surface area contributed by atoms with Crippen LogP contribution in [0, 0.1) is 0 Å². The van der Waals surface area contributed by atoms with Crippen LogP contribution in [0.4, 0.5) is 0 Å². The Balaban J connectivity index is 0. The molecule has 0 fully saturated rings. The molecular formula is C34H69O4PS. The van der Waals surface area contributed by atoms with Crippen molar-refractivity contribution >= 4 is 33.6 Å². The molecule has 6 heteroatoms. The van der Waals surface area contributed by atoms with E-state index in [1.165, 1.54) is 128 Å². The highest BCUT2D eigenvalue weighted by Crippen LogP contribution is 2.13. The normalized spacial score (nSPS) is 10.8. The number of rotatable bonds is 32. The summed E-state index contributed by atoms with van der Waals surface area (Å²) in [6.07, 6.45) is 32.3. The van der Waals surface area contributed by atoms with Crippen LogP contribution in [-0.2, 0) is 19.1 Å². The van der Waals surface area contributed by atoms with Gasteiger partial charge in [0, 0.05) is 11.5 Å². The van der Waals surface area contributed by atoms with Gasteiger partial charge in [0.05, 0.1) is 26.1 Å². The molecule has 0 rings (SSSR count). The van der Waals surface area contributed by atoms with Gasteiger partial charge in [-0.15, -0.1) is 0 Å². The van der Waals surface area contributed by atoms with Crippen LogP contribution >= 0.6 is 21.7 Å². The van der Waals surface area contributed by atoms with Crippen molar-refractivity contribution in [3.8, 4) is 0 Å². The maximum Gasteiger partial charge on any atom is 0.306 e. The molecule has 1 unspecified atom stereocenters. The Kier molecular flexibility index (Phi) is 38.4. The lowest BCUT2D eigenvalue weighted by Crippen LogP contribution is -2.09. The summed E-state index contributed by atoms with van der Waals surface area (Å²) in [7, 11) is 0. The Morgan fingerprint density at radius 3 is 0.950 bits per heavy atom. The third kappa shape index (κ3) is 35.7. The molecule has 240 valence electrons. The highest BCUT2D eigenvalue weighted by molar-refractivity contribution is 7.99. The van der Waals surface area contributed by atoms with E-state index in [-0.39, 0.29) is 21.8 Å². The minimum atomic E-state index is -0.111. The second-order valence-corrected chi connectivity index (χ2v) is 12.6. The zero-order valence-electron chi connectivity index (χ0n) is 27.0. The number of carbonyl (C=O) groups excluding carboxylic acids is 2. The minimum Gasteiger partial charge on any atom is -0.466 e. The van der Waals surface area contributed by atoms with Gasteiger partial charge in [-0.05, 0) is 12.8 Å². The molecule has 0 N–H and O–H groups in total. The first kappa shape index (κ1) is 41.9. The topological polar surface area (TPSA) is 52.6 Å². The van der Waals surface area contributed by atoms with Gasteiger partial charge in [-0.1, -0.05) is 155 Å². The van der Waals surface area contributed by atoms with Gasteiger partial charge in [-0.25, -0.2) is 0 Å². The molecule has 0 aliphatic heterocycles. The summed E-state index contributed by atoms with van der Waals surface area (Å²) in [5.74, 6) is 1.20. The molecule has 0 aromatic rings. The summed E-state index contributed by atoms with van der Waals surface area (Å²) >= 11 is 1.63. The lowest BCUT2D eigenvalue weighted by atomic mass is 10.1. The second-order valence-electron chi connectivity index (χ2n) is 11.3. The lowest BCUT2D eigenvalue weighted by Gasteiger charge is -2.06. The highest BCUT2D eigenvalue weighted by Gasteiger charge is 2.06. The quantitative estimate of drug-likeness (QED) is 0.0434. The number of hydrogen-bond donors (Lipinski definition) is 0. The molecule has 0 aromatic heterocycles. The van der Waals surface area contributed by atoms with E-state index >= 15 is 0 Å². The van der Waals surface area contributed by atoms with Crippen molar-refractivity contribution in [2.24, 2.45) is 0 Å². The molecule has 0 heterocycles. The number of thioether (sulfide) groups is 1. The Morgan fingerprint density at radius 1 is 0.425 bits per heavy atom. The van der Waals surface area contributed by atoms with E-state index in [4.69, 9.17) is 9.47 Å². The summed E-state index contributed by atoms with van der Waals surface area (Å²) in [5.41, 5.74) is 0. The first-order valence-electron chi connectivity index (χ1n) is 17.1. The third-order valence-corrected chi connectivity index (χ3v) is 8.41. The standard InChI is InChI=1S/C34H66O4S.H3P/c1-3-5-7-9-11-13-15-17-19-21-23-25-29-37-33(35)27-31-39-32-28-34(36)38-30-26-24-22-20-18-16-14-12-10-8-6-4-2;/h3-32H2,1-2H3;1H3. The van der Waals surface area contributed by atoms with Crippen LogP contribution in [0.15, 0.2) is 0 Å². The Labute approximate surface area is 257 Å². The van der Waals surface area contributed by atoms with E-state index < -0.39 is 0 Å². The van der Waals surface area contributed by atoms with E-state index in [1.807, 2.05) is 0 Å². The predicted octanol–water partition coefficient (Wildman–Crippen LogP) is 11.0. The number of ether oxygens (including phenoxy) is 2. The molecule has 40 heavy (non-hydrogen) atoms. The van der Waals surface area contributed by atoms with E-state index in [9.17, 15) is 9.59 Å². The van der Waals surface area contributed by atoms with Crippen molar-refractivity contribution in [3.05, 3.63) is 0 Å². The molecule has 1 atom stereocenters. The van der Waals surface area contributed by atoms with Crippen molar-refractivity contribution in [2.75, 3.05) is 24.7 Å². The molecule has 0 amide bonds. The van der Waals surface area contributed by atoms with Crippen LogP contribution in [0.3, 0.4) is 0 Å². The zero-order valence-corrected chi connectivity index (χ0v) is 29.2. The zero-order chi connectivity index (χ0) is 28.5. The summed E-state index contributed by atoms with van der Waals surface area (Å²) in [5, 5.41) is 0. The smallest absolute Gasteiger partial charge is 0.306 e. The van der Waals surface area contributed by atoms with Gasteiger partial charge in [-0.3, -0.25) is 9.59 Å². The highest BCUT2D eigenvalue weighted by atomic mass is 32.2. The summed E-state index contributed by atoms with van der Waals surface area (Å²) in [6.45, 7) is 5.63. The van der Waals surface area contributed by atoms with Crippen molar-refractivity contribution in [3.63, 3.8) is 0 Å². The van der Waals surface area contributed by atoms with Gasteiger partial charge < -0.3 is 9.47 Å². The van der Waals surface area contributed by atoms with Crippen molar-refractivity contribution in [1.82, 2.24) is 0 Å². The monoisotopic (exact) mass is 604 g/mol. The lowest BCUT2D eigenvalue weighted by molar-refractivity contribution is -0.144. The molecular weight excluding hydrogens is 535 g/mol. The molecule has 0 saturated carbocycles. The Hall–Kier alpha value is -0.280. The number of carbonyl (C=O) groups is 2. The molecule has 0 aliphatic rings. The molecule has 0 aromatic carbocycles. The van der Waals surface area contributed by atoms with Crippen molar-refractivity contribution < 1.29 is 19.1 Å². The van der Waals surface area contributed by atoms with E-state index in [2.05, 4.69) is 13.8 Å². The maximum absolute atomic E-state index is 11.9. The molecule has 0 aliphatic carbocycles. The Bertz CT molecular complexity index is 474. The summed E-state index contributed by atoms with van der Waals surface area (Å²) < 4.78 is 10.7. The first-order chi connectivity index (χ1) is 19.2. The van der Waals surface area contributed by atoms with Gasteiger partial charge >= 0.3 is 11.9 Å². The van der Waals surface area contributed by atoms with Gasteiger partial charge in [0.2, 0.25) is 0 Å². The van der Waals surface area contributed by atoms with Gasteiger partial charge in [-0.2, -0.15) is 21.7 Å². The molecule has 0 saturated heterocycles. The van der Waals surface area contributed by atoms with Gasteiger partial charge in [0.1, 0.15) is 0 Å². The van der Waals surface area contributed by atoms with Crippen LogP contribution in [0.25, 0.3) is 0 Å². The average Bonchev–Trinajstić information content (AvgIpc) is 2.93. The Morgan fingerprint density at radius 2 is 0.675 bits per heavy atom. The van der Waals surface area contributed by atoms with Crippen LogP contribution in [-0.4, -0.2) is 36.7 Å². The molecule has 0 spiro atoms. The van der Waals surface area contributed by atoms with E-state index in [0.29, 0.717) is 37.6 Å². The third-order valence-electron chi connectivity index (χ3n) is 7.42. The first-order valence-corrected chi connectivity index (χ1v) is 18.2. The second kappa shape index (κ2) is 36.7. The molecule has 4 nitrogen and oxygen atoms in total. The fourth-order valence-corrected chi connectivity index (χ4v) is 5.64. The van der Waals surface area contributed by atoms with Crippen LogP contribution in [0.2, 0.25) is 0 Å². The largest absolute Gasteiger partial charge is 0.466 e. The number of hydrogen-bond acceptors (Lipinski definition) is 5. The van der Waals surface area contributed by atoms with Crippen molar-refractivity contribution in [1.29, 1.82) is 0 Å². The fourth-order valence-electron chi connectivity index (χ4n) is 4.82. The SMILES string of the molecule is CCCCCCCCCCCCCCOC(=O)CCSCCC(=O)OCCCCCCCCCCCCCC.P. The van der Waals surface area contributed by atoms with Crippen LogP contribution < -0.4 is 0 Å². The summed E-state index contributed by atoms with van der Waals surface area (Å²) in [4.78, 5) is 23.7. The van der Waals surface area contributed by atoms with Crippen molar-refractivity contribution in [2.45, 2.75) is 181 Å². The van der Waals surface area contributed by atoms with E-state index in [0.717, 1.165) is 25.7 Å². The molecule has 0 bridgehead atoms.